The smallest absolute Gasteiger partial charge is 0.508 e. The zero-order chi connectivity index (χ0) is 28.6. The number of benzene rings is 1. The quantitative estimate of drug-likeness (QED) is 0.388. The molecule has 0 unspecified atom stereocenters. The van der Waals surface area contributed by atoms with Crippen molar-refractivity contribution in [1.29, 1.82) is 0 Å². The van der Waals surface area contributed by atoms with Gasteiger partial charge in [-0.2, -0.15) is 0 Å². The van der Waals surface area contributed by atoms with Crippen molar-refractivity contribution in [3.63, 3.8) is 0 Å². The van der Waals surface area contributed by atoms with Crippen LogP contribution in [0.5, 0.6) is 0 Å². The summed E-state index contributed by atoms with van der Waals surface area (Å²) >= 11 is 0. The van der Waals surface area contributed by atoms with Crippen LogP contribution in [0.4, 0.5) is 0 Å². The van der Waals surface area contributed by atoms with Gasteiger partial charge in [0.15, 0.2) is 0 Å². The summed E-state index contributed by atoms with van der Waals surface area (Å²) in [7, 11) is -1.18. The van der Waals surface area contributed by atoms with Gasteiger partial charge in [0.05, 0.1) is 18.6 Å². The number of nitrogens with one attached hydrogen (secondary N) is 3. The number of nitrogens with zero attached hydrogens (tertiary/aromatic N) is 2. The van der Waals surface area contributed by atoms with E-state index < -0.39 is 54.4 Å². The Morgan fingerprint density at radius 2 is 1.82 bits per heavy atom. The molecule has 0 bridgehead atoms. The molecule has 0 spiro atoms. The minimum absolute atomic E-state index is 0.0688. The van der Waals surface area contributed by atoms with Crippen LogP contribution in [-0.2, 0) is 30.1 Å². The second kappa shape index (κ2) is 13.3. The number of aromatic nitrogens is 2. The van der Waals surface area contributed by atoms with Gasteiger partial charge in [0.2, 0.25) is 11.8 Å². The molecule has 1 saturated heterocycles. The summed E-state index contributed by atoms with van der Waals surface area (Å²) in [5.41, 5.74) is 0.380. The van der Waals surface area contributed by atoms with E-state index in [1.807, 2.05) is 65.0 Å². The number of rotatable bonds is 10. The molecule has 0 aliphatic carbocycles. The van der Waals surface area contributed by atoms with Crippen LogP contribution >= 0.6 is 0 Å². The molecule has 208 valence electrons. The van der Waals surface area contributed by atoms with Gasteiger partial charge in [0.25, 0.3) is 11.9 Å². The second-order valence-electron chi connectivity index (χ2n) is 11.0. The largest absolute Gasteiger partial charge is 0.551 e. The minimum Gasteiger partial charge on any atom is -0.508 e. The fraction of sp³-hybridized carbons (Fsp3) is 0.481. The van der Waals surface area contributed by atoms with E-state index in [0.29, 0.717) is 6.42 Å². The normalized spacial score (nSPS) is 17.1. The van der Waals surface area contributed by atoms with Gasteiger partial charge in [0, 0.05) is 24.4 Å². The molecule has 3 atom stereocenters. The summed E-state index contributed by atoms with van der Waals surface area (Å²) in [4.78, 5) is 59.6. The van der Waals surface area contributed by atoms with E-state index in [2.05, 4.69) is 25.9 Å². The molecule has 1 aromatic heterocycles. The first kappa shape index (κ1) is 29.8. The summed E-state index contributed by atoms with van der Waals surface area (Å²) < 4.78 is 11.3. The van der Waals surface area contributed by atoms with Crippen molar-refractivity contribution in [2.24, 2.45) is 5.92 Å². The van der Waals surface area contributed by atoms with Crippen molar-refractivity contribution in [1.82, 2.24) is 25.9 Å². The maximum Gasteiger partial charge on any atom is 0.551 e. The molecule has 3 amide bonds. The molecule has 11 nitrogen and oxygen atoms in total. The maximum absolute atomic E-state index is 13.6. The molecule has 1 aromatic carbocycles. The van der Waals surface area contributed by atoms with Gasteiger partial charge in [-0.1, -0.05) is 44.2 Å². The monoisotopic (exact) mass is 537 g/mol. The third-order valence-corrected chi connectivity index (χ3v) is 5.77. The standard InChI is InChI=1S/C27H36BN5O6/c1-17(2)13-22(28-38-21(15-23(34)39-28)26(37)33-27(3,4)5)32-24(35)19(14-18-9-7-6-8-10-18)31-25(36)20-16-29-11-12-30-20/h6-12,16-17,19,21-22H,13-15H2,1-5H3,(H,31,36)(H,32,35)(H,33,37)/t19-,21+,22-/m0/s1. The average molecular weight is 537 g/mol. The number of amides is 3. The van der Waals surface area contributed by atoms with Crippen LogP contribution in [0.2, 0.25) is 0 Å². The lowest BCUT2D eigenvalue weighted by Crippen LogP contribution is -2.60. The van der Waals surface area contributed by atoms with E-state index >= 15 is 0 Å². The molecule has 1 aliphatic heterocycles. The Bertz CT molecular complexity index is 1140. The lowest BCUT2D eigenvalue weighted by Gasteiger charge is -2.34. The summed E-state index contributed by atoms with van der Waals surface area (Å²) in [6.07, 6.45) is 3.46. The van der Waals surface area contributed by atoms with Gasteiger partial charge < -0.3 is 25.3 Å². The fourth-order valence-electron chi connectivity index (χ4n) is 4.09. The Hall–Kier alpha value is -3.80. The van der Waals surface area contributed by atoms with Gasteiger partial charge in [-0.15, -0.1) is 0 Å². The van der Waals surface area contributed by atoms with Gasteiger partial charge >= 0.3 is 7.12 Å². The van der Waals surface area contributed by atoms with E-state index in [9.17, 15) is 19.2 Å². The fourth-order valence-corrected chi connectivity index (χ4v) is 4.09. The highest BCUT2D eigenvalue weighted by Crippen LogP contribution is 2.19. The van der Waals surface area contributed by atoms with E-state index in [1.165, 1.54) is 18.6 Å². The predicted molar refractivity (Wildman–Crippen MR) is 144 cm³/mol. The first-order valence-electron chi connectivity index (χ1n) is 13.0. The third kappa shape index (κ3) is 9.47. The highest BCUT2D eigenvalue weighted by atomic mass is 16.6. The van der Waals surface area contributed by atoms with Crippen molar-refractivity contribution in [2.75, 3.05) is 0 Å². The molecule has 3 N–H and O–H groups in total. The van der Waals surface area contributed by atoms with Crippen LogP contribution in [0.15, 0.2) is 48.9 Å². The number of hydrogen-bond acceptors (Lipinski definition) is 8. The molecule has 0 saturated carbocycles. The molecule has 3 rings (SSSR count). The molecule has 12 heteroatoms. The van der Waals surface area contributed by atoms with E-state index in [1.54, 1.807) is 0 Å². The van der Waals surface area contributed by atoms with E-state index in [0.717, 1.165) is 5.56 Å². The van der Waals surface area contributed by atoms with Gasteiger partial charge in [-0.25, -0.2) is 4.98 Å². The Kier molecular flexibility index (Phi) is 10.2. The van der Waals surface area contributed by atoms with Crippen molar-refractivity contribution in [3.05, 3.63) is 60.2 Å². The Morgan fingerprint density at radius 1 is 1.10 bits per heavy atom. The summed E-state index contributed by atoms with van der Waals surface area (Å²) in [5.74, 6) is -2.76. The minimum atomic E-state index is -1.18. The van der Waals surface area contributed by atoms with Crippen molar-refractivity contribution in [2.45, 2.75) is 77.5 Å². The molecule has 1 fully saturated rings. The molecule has 39 heavy (non-hydrogen) atoms. The van der Waals surface area contributed by atoms with Crippen molar-refractivity contribution >= 4 is 30.8 Å². The first-order chi connectivity index (χ1) is 18.4. The summed E-state index contributed by atoms with van der Waals surface area (Å²) in [6, 6.07) is 8.27. The number of hydrogen-bond donors (Lipinski definition) is 3. The van der Waals surface area contributed by atoms with Crippen LogP contribution in [0.1, 0.15) is 63.5 Å². The second-order valence-corrected chi connectivity index (χ2v) is 11.0. The van der Waals surface area contributed by atoms with E-state index in [4.69, 9.17) is 9.31 Å². The average Bonchev–Trinajstić information content (AvgIpc) is 2.87. The van der Waals surface area contributed by atoms with Gasteiger partial charge in [0.1, 0.15) is 17.8 Å². The Balaban J connectivity index is 1.80. The Labute approximate surface area is 229 Å². The van der Waals surface area contributed by atoms with Crippen molar-refractivity contribution < 1.29 is 28.5 Å². The summed E-state index contributed by atoms with van der Waals surface area (Å²) in [5, 5.41) is 8.45. The van der Waals surface area contributed by atoms with E-state index in [-0.39, 0.29) is 24.5 Å². The lowest BCUT2D eigenvalue weighted by atomic mass is 9.72. The van der Waals surface area contributed by atoms with Gasteiger partial charge in [-0.05, 0) is 38.7 Å². The van der Waals surface area contributed by atoms with Crippen LogP contribution in [-0.4, -0.2) is 64.4 Å². The SMILES string of the molecule is CC(C)C[C@H](NC(=O)[C@H](Cc1ccccc1)NC(=O)c1cnccn1)B1OC(=O)C[C@H](C(=O)NC(C)(C)C)O1. The van der Waals surface area contributed by atoms with Gasteiger partial charge in [-0.3, -0.25) is 24.2 Å². The molecule has 2 heterocycles. The predicted octanol–water partition coefficient (Wildman–Crippen LogP) is 1.62. The number of carbonyl (C=O) groups is 4. The zero-order valence-electron chi connectivity index (χ0n) is 23.0. The summed E-state index contributed by atoms with van der Waals surface area (Å²) in [6.45, 7) is 9.38. The maximum atomic E-state index is 13.6. The first-order valence-corrected chi connectivity index (χ1v) is 13.0. The molecular weight excluding hydrogens is 501 g/mol. The zero-order valence-corrected chi connectivity index (χ0v) is 23.0. The Morgan fingerprint density at radius 3 is 2.44 bits per heavy atom. The number of carbonyl (C=O) groups excluding carboxylic acids is 4. The van der Waals surface area contributed by atoms with Crippen LogP contribution in [0.25, 0.3) is 0 Å². The molecular formula is C27H36BN5O6. The lowest BCUT2D eigenvalue weighted by molar-refractivity contribution is -0.149. The highest BCUT2D eigenvalue weighted by Gasteiger charge is 2.45. The van der Waals surface area contributed by atoms with Crippen molar-refractivity contribution in [3.8, 4) is 0 Å². The van der Waals surface area contributed by atoms with Crippen LogP contribution in [0, 0.1) is 5.92 Å². The molecule has 2 aromatic rings. The molecule has 0 radical (unpaired) electrons. The van der Waals surface area contributed by atoms with Crippen LogP contribution in [0.3, 0.4) is 0 Å². The van der Waals surface area contributed by atoms with Crippen LogP contribution < -0.4 is 16.0 Å². The highest BCUT2D eigenvalue weighted by molar-refractivity contribution is 6.50. The topological polar surface area (TPSA) is 149 Å². The third-order valence-electron chi connectivity index (χ3n) is 5.77. The molecule has 1 aliphatic rings.